The number of aryl methyl sites for hydroxylation is 1. The Morgan fingerprint density at radius 2 is 1.73 bits per heavy atom. The molecule has 0 bridgehead atoms. The van der Waals surface area contributed by atoms with Crippen LogP contribution in [0.5, 0.6) is 0 Å². The zero-order valence-corrected chi connectivity index (χ0v) is 17.4. The number of nitrogens with zero attached hydrogens (tertiary/aromatic N) is 1. The first kappa shape index (κ1) is 19.0. The van der Waals surface area contributed by atoms with Crippen LogP contribution in [-0.4, -0.2) is 35.2 Å². The zero-order chi connectivity index (χ0) is 21.2. The van der Waals surface area contributed by atoms with E-state index in [1.807, 2.05) is 63.2 Å². The van der Waals surface area contributed by atoms with Crippen molar-refractivity contribution in [3.8, 4) is 0 Å². The maximum Gasteiger partial charge on any atom is 0.250 e. The highest BCUT2D eigenvalue weighted by atomic mass is 16.2. The van der Waals surface area contributed by atoms with Crippen LogP contribution in [-0.2, 0) is 26.3 Å². The molecule has 2 N–H and O–H groups in total. The molecule has 2 aromatic carbocycles. The van der Waals surface area contributed by atoms with E-state index in [9.17, 15) is 14.4 Å². The van der Waals surface area contributed by atoms with Crippen molar-refractivity contribution in [1.82, 2.24) is 10.2 Å². The summed E-state index contributed by atoms with van der Waals surface area (Å²) in [7, 11) is 0. The molecule has 0 aromatic heterocycles. The van der Waals surface area contributed by atoms with Crippen molar-refractivity contribution in [2.75, 3.05) is 11.9 Å². The van der Waals surface area contributed by atoms with Crippen LogP contribution >= 0.6 is 0 Å². The van der Waals surface area contributed by atoms with Gasteiger partial charge in [-0.25, -0.2) is 0 Å². The molecular formula is C24H25N3O3. The largest absolute Gasteiger partial charge is 0.324 e. The standard InChI is InChI=1S/C24H25N3O3/c1-13-9-10-17-20(14(13)2)25-23(30)24(17)19-18(15(3)26-24)21(28)27(22(19)29)12-11-16-7-5-4-6-8-16/h4-10,15,18-19,26H,11-12H2,1-3H3,(H,25,30)/t15-,18+,19-,24+/m0/s1. The Kier molecular flexibility index (Phi) is 4.12. The Bertz CT molecular complexity index is 1080. The summed E-state index contributed by atoms with van der Waals surface area (Å²) in [6, 6.07) is 13.4. The molecule has 30 heavy (non-hydrogen) atoms. The van der Waals surface area contributed by atoms with E-state index in [2.05, 4.69) is 10.6 Å². The van der Waals surface area contributed by atoms with Crippen LogP contribution in [0.2, 0.25) is 0 Å². The van der Waals surface area contributed by atoms with Crippen molar-refractivity contribution in [3.63, 3.8) is 0 Å². The minimum atomic E-state index is -1.19. The van der Waals surface area contributed by atoms with Gasteiger partial charge in [0.2, 0.25) is 17.7 Å². The molecule has 6 nitrogen and oxygen atoms in total. The quantitative estimate of drug-likeness (QED) is 0.771. The summed E-state index contributed by atoms with van der Waals surface area (Å²) in [6.07, 6.45) is 0.605. The molecule has 3 aliphatic heterocycles. The lowest BCUT2D eigenvalue weighted by molar-refractivity contribution is -0.142. The fraction of sp³-hybridized carbons (Fsp3) is 0.375. The molecule has 6 heteroatoms. The smallest absolute Gasteiger partial charge is 0.250 e. The molecule has 2 aromatic rings. The topological polar surface area (TPSA) is 78.5 Å². The summed E-state index contributed by atoms with van der Waals surface area (Å²) in [5.41, 5.74) is 3.50. The monoisotopic (exact) mass is 403 g/mol. The van der Waals surface area contributed by atoms with Gasteiger partial charge < -0.3 is 5.32 Å². The Labute approximate surface area is 175 Å². The number of rotatable bonds is 3. The van der Waals surface area contributed by atoms with Gasteiger partial charge in [-0.2, -0.15) is 0 Å². The predicted molar refractivity (Wildman–Crippen MR) is 113 cm³/mol. The Hall–Kier alpha value is -2.99. The molecule has 1 spiro atoms. The first-order chi connectivity index (χ1) is 14.4. The molecule has 0 radical (unpaired) electrons. The first-order valence-corrected chi connectivity index (χ1v) is 10.4. The zero-order valence-electron chi connectivity index (χ0n) is 17.4. The van der Waals surface area contributed by atoms with Crippen LogP contribution in [0.25, 0.3) is 0 Å². The van der Waals surface area contributed by atoms with Crippen molar-refractivity contribution >= 4 is 23.4 Å². The van der Waals surface area contributed by atoms with E-state index < -0.39 is 17.4 Å². The van der Waals surface area contributed by atoms with Crippen LogP contribution in [0.15, 0.2) is 42.5 Å². The number of imide groups is 1. The number of benzene rings is 2. The predicted octanol–water partition coefficient (Wildman–Crippen LogP) is 2.29. The van der Waals surface area contributed by atoms with Gasteiger partial charge in [-0.05, 0) is 43.9 Å². The van der Waals surface area contributed by atoms with E-state index in [4.69, 9.17) is 0 Å². The van der Waals surface area contributed by atoms with Gasteiger partial charge >= 0.3 is 0 Å². The molecular weight excluding hydrogens is 378 g/mol. The number of nitrogens with one attached hydrogen (secondary N) is 2. The number of hydrogen-bond acceptors (Lipinski definition) is 4. The minimum Gasteiger partial charge on any atom is -0.324 e. The van der Waals surface area contributed by atoms with Gasteiger partial charge in [0.15, 0.2) is 0 Å². The second-order valence-corrected chi connectivity index (χ2v) is 8.69. The van der Waals surface area contributed by atoms with Gasteiger partial charge in [0, 0.05) is 23.8 Å². The van der Waals surface area contributed by atoms with Gasteiger partial charge in [0.05, 0.1) is 11.8 Å². The lowest BCUT2D eigenvalue weighted by atomic mass is 9.76. The number of hydrogen-bond donors (Lipinski definition) is 2. The number of carbonyl (C=O) groups excluding carboxylic acids is 3. The van der Waals surface area contributed by atoms with Crippen molar-refractivity contribution < 1.29 is 14.4 Å². The number of amides is 3. The Morgan fingerprint density at radius 3 is 2.47 bits per heavy atom. The summed E-state index contributed by atoms with van der Waals surface area (Å²) in [6.45, 7) is 6.19. The van der Waals surface area contributed by atoms with E-state index in [1.54, 1.807) is 0 Å². The lowest BCUT2D eigenvalue weighted by Gasteiger charge is -2.29. The van der Waals surface area contributed by atoms with Gasteiger partial charge in [-0.1, -0.05) is 42.5 Å². The number of anilines is 1. The van der Waals surface area contributed by atoms with Crippen molar-refractivity contribution in [2.45, 2.75) is 38.8 Å². The fourth-order valence-corrected chi connectivity index (χ4v) is 5.45. The molecule has 3 heterocycles. The maximum atomic E-state index is 13.5. The summed E-state index contributed by atoms with van der Waals surface area (Å²) < 4.78 is 0. The highest BCUT2D eigenvalue weighted by Gasteiger charge is 2.69. The van der Waals surface area contributed by atoms with Crippen LogP contribution in [0.1, 0.15) is 29.2 Å². The average molecular weight is 403 g/mol. The molecule has 2 saturated heterocycles. The molecule has 0 saturated carbocycles. The van der Waals surface area contributed by atoms with E-state index >= 15 is 0 Å². The van der Waals surface area contributed by atoms with E-state index in [1.165, 1.54) is 4.90 Å². The van der Waals surface area contributed by atoms with E-state index in [0.717, 1.165) is 27.9 Å². The van der Waals surface area contributed by atoms with Gasteiger partial charge in [-0.15, -0.1) is 0 Å². The Balaban J connectivity index is 1.53. The minimum absolute atomic E-state index is 0.178. The third-order valence-electron chi connectivity index (χ3n) is 7.13. The molecule has 3 aliphatic rings. The van der Waals surface area contributed by atoms with Gasteiger partial charge in [0.25, 0.3) is 0 Å². The average Bonchev–Trinajstić information content (AvgIpc) is 3.29. The molecule has 2 fully saturated rings. The van der Waals surface area contributed by atoms with E-state index in [0.29, 0.717) is 13.0 Å². The maximum absolute atomic E-state index is 13.5. The van der Waals surface area contributed by atoms with Crippen molar-refractivity contribution in [2.24, 2.45) is 11.8 Å². The van der Waals surface area contributed by atoms with Crippen LogP contribution in [0.4, 0.5) is 5.69 Å². The highest BCUT2D eigenvalue weighted by Crippen LogP contribution is 2.53. The summed E-state index contributed by atoms with van der Waals surface area (Å²) >= 11 is 0. The van der Waals surface area contributed by atoms with Gasteiger partial charge in [0.1, 0.15) is 5.54 Å². The molecule has 0 aliphatic carbocycles. The molecule has 5 rings (SSSR count). The first-order valence-electron chi connectivity index (χ1n) is 10.4. The van der Waals surface area contributed by atoms with Crippen LogP contribution in [0.3, 0.4) is 0 Å². The fourth-order valence-electron chi connectivity index (χ4n) is 5.45. The Morgan fingerprint density at radius 1 is 1.00 bits per heavy atom. The summed E-state index contributed by atoms with van der Waals surface area (Å²) in [4.78, 5) is 41.4. The molecule has 3 amide bonds. The SMILES string of the molecule is Cc1ccc2c(c1C)NC(=O)[C@@]21N[C@@H](C)[C@H]2C(=O)N(CCc3ccccc3)C(=O)[C@H]21. The lowest BCUT2D eigenvalue weighted by Crippen LogP contribution is -2.53. The van der Waals surface area contributed by atoms with Crippen molar-refractivity contribution in [3.05, 3.63) is 64.7 Å². The third kappa shape index (κ3) is 2.37. The molecule has 154 valence electrons. The normalized spacial score (nSPS) is 29.5. The van der Waals surface area contributed by atoms with E-state index in [-0.39, 0.29) is 23.8 Å². The van der Waals surface area contributed by atoms with Crippen molar-refractivity contribution in [1.29, 1.82) is 0 Å². The molecule has 4 atom stereocenters. The molecule has 0 unspecified atom stereocenters. The number of likely N-dealkylation sites (tertiary alicyclic amines) is 1. The number of carbonyl (C=O) groups is 3. The number of fused-ring (bicyclic) bond motifs is 4. The second-order valence-electron chi connectivity index (χ2n) is 8.69. The summed E-state index contributed by atoms with van der Waals surface area (Å²) in [5.74, 6) is -1.93. The highest BCUT2D eigenvalue weighted by molar-refractivity contribution is 6.15. The third-order valence-corrected chi connectivity index (χ3v) is 7.13. The van der Waals surface area contributed by atoms with Crippen LogP contribution < -0.4 is 10.6 Å². The van der Waals surface area contributed by atoms with Crippen LogP contribution in [0, 0.1) is 25.7 Å². The second kappa shape index (κ2) is 6.51. The van der Waals surface area contributed by atoms with Gasteiger partial charge in [-0.3, -0.25) is 24.6 Å². The summed E-state index contributed by atoms with van der Waals surface area (Å²) in [5, 5.41) is 6.36.